The van der Waals surface area contributed by atoms with Crippen molar-refractivity contribution in [3.05, 3.63) is 35.4 Å². The van der Waals surface area contributed by atoms with Crippen LogP contribution in [-0.4, -0.2) is 11.2 Å². The zero-order valence-corrected chi connectivity index (χ0v) is 14.1. The highest BCUT2D eigenvalue weighted by Crippen LogP contribution is 2.49. The van der Waals surface area contributed by atoms with E-state index in [1.54, 1.807) is 0 Å². The summed E-state index contributed by atoms with van der Waals surface area (Å²) >= 11 is 0. The smallest absolute Gasteiger partial charge is 0.127 e. The van der Waals surface area contributed by atoms with Crippen molar-refractivity contribution in [1.82, 2.24) is 0 Å². The molecule has 0 bridgehead atoms. The lowest BCUT2D eigenvalue weighted by Gasteiger charge is -2.26. The van der Waals surface area contributed by atoms with Gasteiger partial charge in [0.2, 0.25) is 0 Å². The third kappa shape index (κ3) is 2.76. The van der Waals surface area contributed by atoms with E-state index < -0.39 is 0 Å². The Morgan fingerprint density at radius 1 is 1.27 bits per heavy atom. The molecule has 1 aliphatic heterocycles. The Bertz CT molecular complexity index is 571. The van der Waals surface area contributed by atoms with Crippen LogP contribution < -0.4 is 4.74 Å². The Balaban J connectivity index is 1.88. The van der Waals surface area contributed by atoms with E-state index in [0.717, 1.165) is 30.6 Å². The highest BCUT2D eigenvalue weighted by atomic mass is 16.5. The first-order valence-electron chi connectivity index (χ1n) is 8.73. The minimum absolute atomic E-state index is 0.0780. The van der Waals surface area contributed by atoms with E-state index in [1.807, 2.05) is 6.07 Å². The summed E-state index contributed by atoms with van der Waals surface area (Å²) in [6, 6.07) is 4.15. The summed E-state index contributed by atoms with van der Waals surface area (Å²) in [5, 5.41) is 10.6. The van der Waals surface area contributed by atoms with E-state index in [2.05, 4.69) is 39.0 Å². The van der Waals surface area contributed by atoms with Crippen LogP contribution in [0.2, 0.25) is 0 Å². The molecule has 1 aromatic carbocycles. The molecule has 2 aliphatic rings. The van der Waals surface area contributed by atoms with E-state index >= 15 is 0 Å². The summed E-state index contributed by atoms with van der Waals surface area (Å²) < 4.78 is 6.11. The van der Waals surface area contributed by atoms with E-state index in [-0.39, 0.29) is 11.5 Å². The minimum Gasteiger partial charge on any atom is -0.508 e. The quantitative estimate of drug-likeness (QED) is 0.579. The number of rotatable bonds is 5. The number of phenolic OH excluding ortho intramolecular Hbond substituents is 1. The fraction of sp³-hybridized carbons (Fsp3) is 0.600. The van der Waals surface area contributed by atoms with Gasteiger partial charge in [-0.1, -0.05) is 46.1 Å². The van der Waals surface area contributed by atoms with Gasteiger partial charge in [0.05, 0.1) is 0 Å². The zero-order valence-electron chi connectivity index (χ0n) is 14.1. The molecule has 120 valence electrons. The lowest BCUT2D eigenvalue weighted by Crippen LogP contribution is -2.18. The number of phenols is 1. The number of fused-ring (bicyclic) bond motifs is 3. The summed E-state index contributed by atoms with van der Waals surface area (Å²) in [4.78, 5) is 0. The average Bonchev–Trinajstić information content (AvgIpc) is 2.86. The van der Waals surface area contributed by atoms with E-state index in [1.165, 1.54) is 24.8 Å². The van der Waals surface area contributed by atoms with Crippen molar-refractivity contribution < 1.29 is 9.84 Å². The molecule has 2 unspecified atom stereocenters. The van der Waals surface area contributed by atoms with Crippen LogP contribution in [0.5, 0.6) is 11.5 Å². The molecule has 1 aromatic rings. The van der Waals surface area contributed by atoms with E-state index in [9.17, 15) is 5.11 Å². The second-order valence-electron chi connectivity index (χ2n) is 7.44. The lowest BCUT2D eigenvalue weighted by atomic mass is 9.78. The first kappa shape index (κ1) is 15.5. The molecule has 1 heterocycles. The molecule has 0 aromatic heterocycles. The molecule has 0 radical (unpaired) electrons. The van der Waals surface area contributed by atoms with Gasteiger partial charge in [0.15, 0.2) is 0 Å². The largest absolute Gasteiger partial charge is 0.508 e. The van der Waals surface area contributed by atoms with Crippen LogP contribution in [0.25, 0.3) is 0 Å². The topological polar surface area (TPSA) is 29.5 Å². The second-order valence-corrected chi connectivity index (χ2v) is 7.44. The third-order valence-corrected chi connectivity index (χ3v) is 5.31. The summed E-state index contributed by atoms with van der Waals surface area (Å²) in [7, 11) is 0. The van der Waals surface area contributed by atoms with E-state index in [4.69, 9.17) is 4.74 Å². The number of hydrogen-bond donors (Lipinski definition) is 1. The van der Waals surface area contributed by atoms with Crippen molar-refractivity contribution in [2.75, 3.05) is 0 Å². The maximum absolute atomic E-state index is 10.6. The van der Waals surface area contributed by atoms with Crippen molar-refractivity contribution in [3.8, 4) is 11.5 Å². The number of allylic oxidation sites excluding steroid dienone is 1. The number of benzene rings is 1. The third-order valence-electron chi connectivity index (χ3n) is 5.31. The number of hydrogen-bond acceptors (Lipinski definition) is 2. The zero-order chi connectivity index (χ0) is 15.7. The molecule has 0 amide bonds. The van der Waals surface area contributed by atoms with Crippen LogP contribution in [0.15, 0.2) is 24.3 Å². The van der Waals surface area contributed by atoms with Crippen molar-refractivity contribution in [1.29, 1.82) is 0 Å². The average molecular weight is 300 g/mol. The first-order valence-corrected chi connectivity index (χ1v) is 8.73. The molecule has 0 saturated heterocycles. The maximum atomic E-state index is 10.6. The summed E-state index contributed by atoms with van der Waals surface area (Å²) in [6.07, 6.45) is 11.5. The lowest BCUT2D eigenvalue weighted by molar-refractivity contribution is 0.243. The maximum Gasteiger partial charge on any atom is 0.127 e. The van der Waals surface area contributed by atoms with Crippen LogP contribution in [0.1, 0.15) is 76.3 Å². The standard InChI is InChI=1S/C20H28O2/c1-4-5-8-11-20(2,3)14-12-16(21)19-15-9-6-7-10-17(15)22-18(19)13-14/h7,10,12-13,15,17,21H,4-6,8-9,11H2,1-3H3. The van der Waals surface area contributed by atoms with Gasteiger partial charge in [0.25, 0.3) is 0 Å². The molecule has 2 atom stereocenters. The van der Waals surface area contributed by atoms with Gasteiger partial charge in [-0.05, 0) is 48.4 Å². The van der Waals surface area contributed by atoms with Crippen molar-refractivity contribution >= 4 is 0 Å². The predicted octanol–water partition coefficient (Wildman–Crippen LogP) is 5.44. The van der Waals surface area contributed by atoms with Gasteiger partial charge in [-0.3, -0.25) is 0 Å². The van der Waals surface area contributed by atoms with Gasteiger partial charge in [0.1, 0.15) is 17.6 Å². The molecule has 22 heavy (non-hydrogen) atoms. The van der Waals surface area contributed by atoms with Gasteiger partial charge in [0, 0.05) is 11.5 Å². The van der Waals surface area contributed by atoms with Gasteiger partial charge >= 0.3 is 0 Å². The molecule has 2 heteroatoms. The Labute approximate surface area is 134 Å². The van der Waals surface area contributed by atoms with Crippen LogP contribution >= 0.6 is 0 Å². The Morgan fingerprint density at radius 2 is 2.09 bits per heavy atom. The summed E-state index contributed by atoms with van der Waals surface area (Å²) in [5.41, 5.74) is 2.30. The monoisotopic (exact) mass is 300 g/mol. The second kappa shape index (κ2) is 5.98. The van der Waals surface area contributed by atoms with Crippen molar-refractivity contribution in [3.63, 3.8) is 0 Å². The van der Waals surface area contributed by atoms with Crippen LogP contribution in [0.4, 0.5) is 0 Å². The Hall–Kier alpha value is -1.44. The van der Waals surface area contributed by atoms with Crippen LogP contribution in [0, 0.1) is 0 Å². The molecule has 1 aliphatic carbocycles. The molecular formula is C20H28O2. The van der Waals surface area contributed by atoms with Gasteiger partial charge < -0.3 is 9.84 Å². The fourth-order valence-electron chi connectivity index (χ4n) is 3.82. The minimum atomic E-state index is 0.0780. The van der Waals surface area contributed by atoms with Gasteiger partial charge in [-0.15, -0.1) is 0 Å². The molecule has 0 saturated carbocycles. The van der Waals surface area contributed by atoms with Crippen LogP contribution in [0.3, 0.4) is 0 Å². The van der Waals surface area contributed by atoms with Crippen molar-refractivity contribution in [2.45, 2.75) is 76.7 Å². The number of unbranched alkanes of at least 4 members (excludes halogenated alkanes) is 2. The molecule has 2 nitrogen and oxygen atoms in total. The molecule has 3 rings (SSSR count). The van der Waals surface area contributed by atoms with E-state index in [0.29, 0.717) is 11.7 Å². The number of aromatic hydroxyl groups is 1. The molecular weight excluding hydrogens is 272 g/mol. The highest BCUT2D eigenvalue weighted by Gasteiger charge is 2.37. The normalized spacial score (nSPS) is 23.0. The summed E-state index contributed by atoms with van der Waals surface area (Å²) in [5.74, 6) is 1.66. The van der Waals surface area contributed by atoms with Gasteiger partial charge in [-0.25, -0.2) is 0 Å². The Morgan fingerprint density at radius 3 is 2.86 bits per heavy atom. The molecule has 0 spiro atoms. The van der Waals surface area contributed by atoms with Crippen LogP contribution in [-0.2, 0) is 5.41 Å². The van der Waals surface area contributed by atoms with Gasteiger partial charge in [-0.2, -0.15) is 0 Å². The predicted molar refractivity (Wildman–Crippen MR) is 90.8 cm³/mol. The Kier molecular flexibility index (Phi) is 4.20. The molecule has 0 fully saturated rings. The highest BCUT2D eigenvalue weighted by molar-refractivity contribution is 5.54. The van der Waals surface area contributed by atoms with Crippen molar-refractivity contribution in [2.24, 2.45) is 0 Å². The SMILES string of the molecule is CCCCCC(C)(C)c1cc(O)c2c(c1)OC1C=CCCC21. The first-order chi connectivity index (χ1) is 10.5. The summed E-state index contributed by atoms with van der Waals surface area (Å²) in [6.45, 7) is 6.77. The molecule has 1 N–H and O–H groups in total. The fourth-order valence-corrected chi connectivity index (χ4v) is 3.82. The number of ether oxygens (including phenoxy) is 1.